The van der Waals surface area contributed by atoms with Gasteiger partial charge in [-0.15, -0.1) is 0 Å². The van der Waals surface area contributed by atoms with Crippen LogP contribution in [0.4, 0.5) is 5.69 Å². The van der Waals surface area contributed by atoms with E-state index in [0.717, 1.165) is 41.8 Å². The number of fused-ring (bicyclic) bond motifs is 1. The van der Waals surface area contributed by atoms with Gasteiger partial charge in [-0.25, -0.2) is 0 Å². The Morgan fingerprint density at radius 1 is 1.00 bits per heavy atom. The summed E-state index contributed by atoms with van der Waals surface area (Å²) in [6.07, 6.45) is 5.29. The maximum Gasteiger partial charge on any atom is 0.234 e. The Labute approximate surface area is 220 Å². The van der Waals surface area contributed by atoms with E-state index in [1.165, 1.54) is 11.1 Å². The van der Waals surface area contributed by atoms with Gasteiger partial charge in [0.1, 0.15) is 11.9 Å². The summed E-state index contributed by atoms with van der Waals surface area (Å²) in [6.45, 7) is 4.72. The summed E-state index contributed by atoms with van der Waals surface area (Å²) in [5, 5.41) is 0. The zero-order valence-electron chi connectivity index (χ0n) is 22.9. The van der Waals surface area contributed by atoms with Crippen molar-refractivity contribution < 1.29 is 23.7 Å². The molecule has 0 spiro atoms. The second-order valence-electron chi connectivity index (χ2n) is 9.97. The monoisotopic (exact) mass is 505 g/mol. The van der Waals surface area contributed by atoms with Crippen molar-refractivity contribution in [3.8, 4) is 5.75 Å². The van der Waals surface area contributed by atoms with Gasteiger partial charge in [0.15, 0.2) is 11.5 Å². The van der Waals surface area contributed by atoms with Crippen LogP contribution in [0.5, 0.6) is 5.75 Å². The molecule has 2 atom stereocenters. The van der Waals surface area contributed by atoms with Crippen LogP contribution in [0.25, 0.3) is 0 Å². The molecule has 0 aliphatic heterocycles. The van der Waals surface area contributed by atoms with E-state index < -0.39 is 0 Å². The van der Waals surface area contributed by atoms with E-state index in [9.17, 15) is 4.79 Å². The largest absolute Gasteiger partial charge is 0.497 e. The summed E-state index contributed by atoms with van der Waals surface area (Å²) in [5.41, 5.74) is 5.31. The van der Waals surface area contributed by atoms with E-state index >= 15 is 0 Å². The summed E-state index contributed by atoms with van der Waals surface area (Å²) < 4.78 is 22.6. The molecule has 6 heteroatoms. The van der Waals surface area contributed by atoms with E-state index in [1.807, 2.05) is 17.0 Å². The molecule has 0 saturated heterocycles. The fourth-order valence-corrected chi connectivity index (χ4v) is 5.40. The number of hydrogen-bond donors (Lipinski definition) is 0. The molecule has 0 aromatic heterocycles. The van der Waals surface area contributed by atoms with Crippen molar-refractivity contribution in [2.75, 3.05) is 39.9 Å². The van der Waals surface area contributed by atoms with Crippen molar-refractivity contribution in [2.24, 2.45) is 0 Å². The molecule has 37 heavy (non-hydrogen) atoms. The molecule has 1 amide bonds. The summed E-state index contributed by atoms with van der Waals surface area (Å²) in [5.74, 6) is 2.31. The zero-order chi connectivity index (χ0) is 26.5. The van der Waals surface area contributed by atoms with Crippen LogP contribution >= 0.6 is 0 Å². The van der Waals surface area contributed by atoms with Gasteiger partial charge < -0.3 is 23.8 Å². The minimum absolute atomic E-state index is 0.0793. The van der Waals surface area contributed by atoms with Crippen molar-refractivity contribution in [2.45, 2.75) is 57.5 Å². The first kappa shape index (κ1) is 26.8. The van der Waals surface area contributed by atoms with Crippen molar-refractivity contribution in [3.63, 3.8) is 0 Å². The SMILES string of the molecule is COC1=C(OC)C(OC)CC=C1CN(C(=O)C1CCCc2ccc(OC)cc21)c1ccc(C(C)C)cc1. The average molecular weight is 506 g/mol. The molecule has 4 rings (SSSR count). The Balaban J connectivity index is 1.74. The standard InChI is InChI=1S/C31H39NO5/c1-20(2)21-10-14-24(15-11-21)32(19-23-13-17-28(35-4)30(37-6)29(23)36-5)31(33)26-9-7-8-22-12-16-25(34-3)18-27(22)26/h10-16,18,20,26,28H,7-9,17,19H2,1-6H3. The van der Waals surface area contributed by atoms with Crippen LogP contribution in [0.1, 0.15) is 61.6 Å². The lowest BCUT2D eigenvalue weighted by Gasteiger charge is -2.33. The number of rotatable bonds is 9. The van der Waals surface area contributed by atoms with Gasteiger partial charge >= 0.3 is 0 Å². The van der Waals surface area contributed by atoms with Crippen molar-refractivity contribution in [1.29, 1.82) is 0 Å². The van der Waals surface area contributed by atoms with Crippen LogP contribution in [0.2, 0.25) is 0 Å². The molecule has 2 aromatic rings. The highest BCUT2D eigenvalue weighted by Crippen LogP contribution is 2.38. The minimum Gasteiger partial charge on any atom is -0.497 e. The molecule has 0 fully saturated rings. The number of carbonyl (C=O) groups is 1. The van der Waals surface area contributed by atoms with Gasteiger partial charge in [-0.1, -0.05) is 38.1 Å². The highest BCUT2D eigenvalue weighted by Gasteiger charge is 2.34. The van der Waals surface area contributed by atoms with E-state index in [0.29, 0.717) is 30.4 Å². The van der Waals surface area contributed by atoms with E-state index in [2.05, 4.69) is 50.3 Å². The Bertz CT molecular complexity index is 1160. The van der Waals surface area contributed by atoms with E-state index in [-0.39, 0.29) is 17.9 Å². The van der Waals surface area contributed by atoms with Crippen LogP contribution in [-0.2, 0) is 25.4 Å². The van der Waals surface area contributed by atoms with Crippen LogP contribution in [-0.4, -0.2) is 47.0 Å². The third kappa shape index (κ3) is 5.54. The van der Waals surface area contributed by atoms with Crippen LogP contribution in [0.15, 0.2) is 65.6 Å². The molecule has 2 unspecified atom stereocenters. The number of aryl methyl sites for hydroxylation is 1. The second kappa shape index (κ2) is 11.9. The van der Waals surface area contributed by atoms with Gasteiger partial charge in [0, 0.05) is 18.4 Å². The number of benzene rings is 2. The van der Waals surface area contributed by atoms with Gasteiger partial charge in [-0.2, -0.15) is 0 Å². The van der Waals surface area contributed by atoms with Gasteiger partial charge in [0.2, 0.25) is 5.91 Å². The first-order chi connectivity index (χ1) is 17.9. The Hall–Kier alpha value is -3.25. The Morgan fingerprint density at radius 2 is 1.76 bits per heavy atom. The second-order valence-corrected chi connectivity index (χ2v) is 9.97. The summed E-state index contributed by atoms with van der Waals surface area (Å²) in [6, 6.07) is 14.4. The molecule has 0 heterocycles. The first-order valence-corrected chi connectivity index (χ1v) is 13.0. The molecule has 2 aliphatic carbocycles. The van der Waals surface area contributed by atoms with Crippen LogP contribution in [0, 0.1) is 0 Å². The summed E-state index contributed by atoms with van der Waals surface area (Å²) in [7, 11) is 6.59. The van der Waals surface area contributed by atoms with Gasteiger partial charge in [-0.3, -0.25) is 4.79 Å². The Kier molecular flexibility index (Phi) is 8.59. The van der Waals surface area contributed by atoms with Crippen LogP contribution < -0.4 is 9.64 Å². The number of anilines is 1. The minimum atomic E-state index is -0.239. The lowest BCUT2D eigenvalue weighted by Crippen LogP contribution is -2.39. The number of carbonyl (C=O) groups excluding carboxylic acids is 1. The molecule has 0 N–H and O–H groups in total. The quantitative estimate of drug-likeness (QED) is 0.411. The highest BCUT2D eigenvalue weighted by molar-refractivity contribution is 5.99. The molecular weight excluding hydrogens is 466 g/mol. The maximum absolute atomic E-state index is 14.4. The van der Waals surface area contributed by atoms with E-state index in [1.54, 1.807) is 28.4 Å². The fourth-order valence-electron chi connectivity index (χ4n) is 5.40. The smallest absolute Gasteiger partial charge is 0.234 e. The predicted octanol–water partition coefficient (Wildman–Crippen LogP) is 6.12. The first-order valence-electron chi connectivity index (χ1n) is 13.0. The molecule has 6 nitrogen and oxygen atoms in total. The maximum atomic E-state index is 14.4. The number of hydrogen-bond acceptors (Lipinski definition) is 5. The molecule has 2 aliphatic rings. The van der Waals surface area contributed by atoms with Crippen molar-refractivity contribution in [1.82, 2.24) is 0 Å². The third-order valence-corrected chi connectivity index (χ3v) is 7.53. The zero-order valence-corrected chi connectivity index (χ0v) is 22.9. The van der Waals surface area contributed by atoms with Crippen LogP contribution in [0.3, 0.4) is 0 Å². The van der Waals surface area contributed by atoms with Gasteiger partial charge in [0.05, 0.1) is 33.8 Å². The molecule has 0 bridgehead atoms. The molecule has 2 aromatic carbocycles. The normalized spacial score (nSPS) is 19.3. The van der Waals surface area contributed by atoms with Gasteiger partial charge in [-0.05, 0) is 72.6 Å². The lowest BCUT2D eigenvalue weighted by atomic mass is 9.81. The Morgan fingerprint density at radius 3 is 2.38 bits per heavy atom. The number of methoxy groups -OCH3 is 4. The lowest BCUT2D eigenvalue weighted by molar-refractivity contribution is -0.120. The summed E-state index contributed by atoms with van der Waals surface area (Å²) >= 11 is 0. The van der Waals surface area contributed by atoms with Gasteiger partial charge in [0.25, 0.3) is 0 Å². The predicted molar refractivity (Wildman–Crippen MR) is 146 cm³/mol. The van der Waals surface area contributed by atoms with Crippen molar-refractivity contribution >= 4 is 11.6 Å². The van der Waals surface area contributed by atoms with Crippen molar-refractivity contribution in [3.05, 3.63) is 82.3 Å². The number of amides is 1. The molecule has 0 radical (unpaired) electrons. The summed E-state index contributed by atoms with van der Waals surface area (Å²) in [4.78, 5) is 16.3. The third-order valence-electron chi connectivity index (χ3n) is 7.53. The topological polar surface area (TPSA) is 57.2 Å². The average Bonchev–Trinajstić information content (AvgIpc) is 2.94. The molecular formula is C31H39NO5. The molecule has 0 saturated carbocycles. The van der Waals surface area contributed by atoms with E-state index in [4.69, 9.17) is 18.9 Å². The fraction of sp³-hybridized carbons (Fsp3) is 0.452. The number of ether oxygens (including phenoxy) is 4. The molecule has 198 valence electrons. The highest BCUT2D eigenvalue weighted by atomic mass is 16.5. The number of nitrogens with zero attached hydrogens (tertiary/aromatic N) is 1.